The van der Waals surface area contributed by atoms with E-state index in [2.05, 4.69) is 55.0 Å². The number of fused-ring (bicyclic) bond motifs is 1. The van der Waals surface area contributed by atoms with E-state index in [9.17, 15) is 0 Å². The van der Waals surface area contributed by atoms with Crippen LogP contribution in [0.5, 0.6) is 5.75 Å². The molecular weight excluding hydrogens is 276 g/mol. The minimum Gasteiger partial charge on any atom is -0.492 e. The highest BCUT2D eigenvalue weighted by molar-refractivity contribution is 5.34. The summed E-state index contributed by atoms with van der Waals surface area (Å²) in [4.78, 5) is 2.39. The minimum absolute atomic E-state index is 0.0363. The van der Waals surface area contributed by atoms with E-state index in [4.69, 9.17) is 4.74 Å². The van der Waals surface area contributed by atoms with Crippen molar-refractivity contribution in [1.29, 1.82) is 0 Å². The van der Waals surface area contributed by atoms with Gasteiger partial charge in [0, 0.05) is 24.7 Å². The van der Waals surface area contributed by atoms with Gasteiger partial charge in [-0.3, -0.25) is 4.90 Å². The molecule has 1 aliphatic heterocycles. The van der Waals surface area contributed by atoms with Gasteiger partial charge in [0.1, 0.15) is 12.4 Å². The summed E-state index contributed by atoms with van der Waals surface area (Å²) >= 11 is 0. The number of ether oxygens (including phenoxy) is 1. The second-order valence-corrected chi connectivity index (χ2v) is 7.00. The molecule has 1 aromatic carbocycles. The van der Waals surface area contributed by atoms with Gasteiger partial charge in [-0.15, -0.1) is 5.10 Å². The maximum absolute atomic E-state index is 5.91. The molecule has 1 aromatic heterocycles. The Morgan fingerprint density at radius 1 is 1.27 bits per heavy atom. The lowest BCUT2D eigenvalue weighted by Crippen LogP contribution is -2.34. The van der Waals surface area contributed by atoms with Gasteiger partial charge in [-0.05, 0) is 33.8 Å². The molecule has 0 fully saturated rings. The number of aromatic nitrogens is 3. The zero-order chi connectivity index (χ0) is 15.7. The molecule has 1 aliphatic rings. The van der Waals surface area contributed by atoms with E-state index in [0.29, 0.717) is 12.6 Å². The molecule has 22 heavy (non-hydrogen) atoms. The molecule has 0 N–H and O–H groups in total. The van der Waals surface area contributed by atoms with Gasteiger partial charge < -0.3 is 4.74 Å². The zero-order valence-corrected chi connectivity index (χ0v) is 13.8. The van der Waals surface area contributed by atoms with Crippen LogP contribution in [0.3, 0.4) is 0 Å². The second-order valence-electron chi connectivity index (χ2n) is 7.00. The van der Waals surface area contributed by atoms with Crippen LogP contribution in [-0.2, 0) is 18.6 Å². The summed E-state index contributed by atoms with van der Waals surface area (Å²) in [5, 5.41) is 8.58. The summed E-state index contributed by atoms with van der Waals surface area (Å²) in [6.07, 6.45) is 2.05. The number of rotatable bonds is 2. The third-order valence-electron chi connectivity index (χ3n) is 4.04. The smallest absolute Gasteiger partial charge is 0.123 e. The molecule has 1 atom stereocenters. The molecule has 118 valence electrons. The first-order valence-corrected chi connectivity index (χ1v) is 7.80. The fraction of sp³-hybridized carbons (Fsp3) is 0.529. The molecule has 5 nitrogen and oxygen atoms in total. The Bertz CT molecular complexity index is 644. The Labute approximate surface area is 131 Å². The number of hydrogen-bond acceptors (Lipinski definition) is 4. The fourth-order valence-corrected chi connectivity index (χ4v) is 2.58. The van der Waals surface area contributed by atoms with Crippen LogP contribution < -0.4 is 4.74 Å². The third-order valence-corrected chi connectivity index (χ3v) is 4.04. The van der Waals surface area contributed by atoms with Crippen molar-refractivity contribution >= 4 is 0 Å². The molecule has 0 amide bonds. The van der Waals surface area contributed by atoms with Crippen molar-refractivity contribution < 1.29 is 4.74 Å². The number of para-hydroxylation sites is 1. The molecular formula is C17H24N4O. The van der Waals surface area contributed by atoms with Crippen molar-refractivity contribution in [2.45, 2.75) is 52.4 Å². The van der Waals surface area contributed by atoms with Gasteiger partial charge in [-0.25, -0.2) is 4.68 Å². The second kappa shape index (κ2) is 5.72. The van der Waals surface area contributed by atoms with Crippen LogP contribution in [-0.4, -0.2) is 32.5 Å². The van der Waals surface area contributed by atoms with Crippen molar-refractivity contribution in [1.82, 2.24) is 19.9 Å². The van der Waals surface area contributed by atoms with Crippen LogP contribution in [0.2, 0.25) is 0 Å². The van der Waals surface area contributed by atoms with E-state index < -0.39 is 0 Å². The average Bonchev–Trinajstić information content (AvgIpc) is 2.88. The van der Waals surface area contributed by atoms with Gasteiger partial charge in [-0.2, -0.15) is 0 Å². The Balaban J connectivity index is 1.78. The number of benzene rings is 1. The van der Waals surface area contributed by atoms with Crippen molar-refractivity contribution in [3.63, 3.8) is 0 Å². The van der Waals surface area contributed by atoms with Gasteiger partial charge in [-0.1, -0.05) is 23.4 Å². The van der Waals surface area contributed by atoms with Gasteiger partial charge in [0.2, 0.25) is 0 Å². The first-order valence-electron chi connectivity index (χ1n) is 7.80. The predicted octanol–water partition coefficient (Wildman–Crippen LogP) is 2.82. The third kappa shape index (κ3) is 3.14. The minimum atomic E-state index is -0.0363. The normalized spacial score (nSPS) is 19.4. The summed E-state index contributed by atoms with van der Waals surface area (Å²) in [5.41, 5.74) is 2.20. The van der Waals surface area contributed by atoms with E-state index in [1.54, 1.807) is 0 Å². The van der Waals surface area contributed by atoms with E-state index in [-0.39, 0.29) is 5.54 Å². The fourth-order valence-electron chi connectivity index (χ4n) is 2.58. The highest BCUT2D eigenvalue weighted by atomic mass is 16.5. The quantitative estimate of drug-likeness (QED) is 0.855. The molecule has 0 bridgehead atoms. The van der Waals surface area contributed by atoms with Gasteiger partial charge in [0.25, 0.3) is 0 Å². The SMILES string of the molecule is C[C@@H]1COc2ccccc2CN1Cc1cn(C(C)(C)C)nn1. The van der Waals surface area contributed by atoms with Crippen molar-refractivity contribution in [3.05, 3.63) is 41.7 Å². The number of nitrogens with zero attached hydrogens (tertiary/aromatic N) is 4. The highest BCUT2D eigenvalue weighted by Gasteiger charge is 2.23. The van der Waals surface area contributed by atoms with Crippen LogP contribution in [0.1, 0.15) is 39.0 Å². The molecule has 0 spiro atoms. The Morgan fingerprint density at radius 3 is 2.77 bits per heavy atom. The van der Waals surface area contributed by atoms with Crippen LogP contribution in [0, 0.1) is 0 Å². The number of hydrogen-bond donors (Lipinski definition) is 0. The molecule has 3 rings (SSSR count). The van der Waals surface area contributed by atoms with Gasteiger partial charge in [0.15, 0.2) is 0 Å². The summed E-state index contributed by atoms with van der Waals surface area (Å²) in [6.45, 7) is 10.9. The first-order chi connectivity index (χ1) is 10.4. The molecule has 2 heterocycles. The lowest BCUT2D eigenvalue weighted by atomic mass is 10.1. The average molecular weight is 300 g/mol. The Morgan fingerprint density at radius 2 is 2.05 bits per heavy atom. The first kappa shape index (κ1) is 15.0. The molecule has 0 unspecified atom stereocenters. The molecule has 2 aromatic rings. The molecule has 5 heteroatoms. The topological polar surface area (TPSA) is 43.2 Å². The zero-order valence-electron chi connectivity index (χ0n) is 13.8. The van der Waals surface area contributed by atoms with E-state index in [0.717, 1.165) is 24.5 Å². The maximum Gasteiger partial charge on any atom is 0.123 e. The summed E-state index contributed by atoms with van der Waals surface area (Å²) in [5.74, 6) is 0.996. The maximum atomic E-state index is 5.91. The van der Waals surface area contributed by atoms with Crippen molar-refractivity contribution in [3.8, 4) is 5.75 Å². The van der Waals surface area contributed by atoms with E-state index in [1.165, 1.54) is 5.56 Å². The Hall–Kier alpha value is -1.88. The van der Waals surface area contributed by atoms with Gasteiger partial charge in [0.05, 0.1) is 17.4 Å². The molecule has 0 saturated heterocycles. The summed E-state index contributed by atoms with van der Waals surface area (Å²) in [7, 11) is 0. The lowest BCUT2D eigenvalue weighted by molar-refractivity contribution is 0.149. The van der Waals surface area contributed by atoms with Crippen LogP contribution >= 0.6 is 0 Å². The van der Waals surface area contributed by atoms with Gasteiger partial charge >= 0.3 is 0 Å². The van der Waals surface area contributed by atoms with Crippen LogP contribution in [0.4, 0.5) is 0 Å². The Kier molecular flexibility index (Phi) is 3.91. The largest absolute Gasteiger partial charge is 0.492 e. The predicted molar refractivity (Wildman–Crippen MR) is 85.7 cm³/mol. The molecule has 0 aliphatic carbocycles. The van der Waals surface area contributed by atoms with E-state index in [1.807, 2.05) is 23.0 Å². The van der Waals surface area contributed by atoms with Crippen molar-refractivity contribution in [2.24, 2.45) is 0 Å². The van der Waals surface area contributed by atoms with Crippen LogP contribution in [0.25, 0.3) is 0 Å². The van der Waals surface area contributed by atoms with Crippen molar-refractivity contribution in [2.75, 3.05) is 6.61 Å². The standard InChI is InChI=1S/C17H24N4O/c1-13-12-22-16-8-6-5-7-14(16)9-20(13)10-15-11-21(19-18-15)17(2,3)4/h5-8,11,13H,9-10,12H2,1-4H3/t13-/m1/s1. The van der Waals surface area contributed by atoms with Crippen LogP contribution in [0.15, 0.2) is 30.5 Å². The summed E-state index contributed by atoms with van der Waals surface area (Å²) < 4.78 is 7.83. The monoisotopic (exact) mass is 300 g/mol. The lowest BCUT2D eigenvalue weighted by Gasteiger charge is -2.25. The highest BCUT2D eigenvalue weighted by Crippen LogP contribution is 2.25. The molecule has 0 radical (unpaired) electrons. The molecule has 0 saturated carbocycles. The van der Waals surface area contributed by atoms with E-state index >= 15 is 0 Å². The summed E-state index contributed by atoms with van der Waals surface area (Å²) in [6, 6.07) is 8.60.